The van der Waals surface area contributed by atoms with Crippen molar-refractivity contribution < 1.29 is 14.3 Å². The van der Waals surface area contributed by atoms with Gasteiger partial charge in [0.2, 0.25) is 0 Å². The molecule has 3 nitrogen and oxygen atoms in total. The van der Waals surface area contributed by atoms with Crippen molar-refractivity contribution in [3.8, 4) is 0 Å². The molecule has 1 fully saturated rings. The van der Waals surface area contributed by atoms with Gasteiger partial charge >= 0.3 is 11.9 Å². The SMILES string of the molecule is O=C1OC(=O)C2CC=CCC1C2. The van der Waals surface area contributed by atoms with Crippen molar-refractivity contribution in [2.24, 2.45) is 11.8 Å². The van der Waals surface area contributed by atoms with Crippen LogP contribution in [0.25, 0.3) is 0 Å². The van der Waals surface area contributed by atoms with Crippen molar-refractivity contribution in [1.82, 2.24) is 0 Å². The summed E-state index contributed by atoms with van der Waals surface area (Å²) in [5.74, 6) is -0.844. The minimum atomic E-state index is -0.345. The molecule has 0 aromatic rings. The van der Waals surface area contributed by atoms with E-state index in [1.807, 2.05) is 12.2 Å². The fourth-order valence-electron chi connectivity index (χ4n) is 1.71. The van der Waals surface area contributed by atoms with Crippen LogP contribution in [0.15, 0.2) is 12.2 Å². The molecule has 2 rings (SSSR count). The number of hydrogen-bond acceptors (Lipinski definition) is 3. The van der Waals surface area contributed by atoms with Gasteiger partial charge in [-0.3, -0.25) is 9.59 Å². The number of cyclic esters (lactones) is 2. The Morgan fingerprint density at radius 2 is 1.58 bits per heavy atom. The van der Waals surface area contributed by atoms with Crippen LogP contribution in [0, 0.1) is 11.8 Å². The van der Waals surface area contributed by atoms with Crippen LogP contribution < -0.4 is 0 Å². The highest BCUT2D eigenvalue weighted by atomic mass is 16.6. The second kappa shape index (κ2) is 2.73. The van der Waals surface area contributed by atoms with Crippen molar-refractivity contribution in [3.05, 3.63) is 12.2 Å². The molecule has 64 valence electrons. The van der Waals surface area contributed by atoms with Crippen molar-refractivity contribution >= 4 is 11.9 Å². The standard InChI is InChI=1S/C9H10O3/c10-8-6-3-1-2-4-7(5-6)9(11)12-8/h1-2,6-7H,3-5H2. The topological polar surface area (TPSA) is 43.4 Å². The Morgan fingerprint density at radius 3 is 2.08 bits per heavy atom. The molecule has 2 aliphatic rings. The third-order valence-electron chi connectivity index (χ3n) is 2.44. The highest BCUT2D eigenvalue weighted by molar-refractivity contribution is 5.91. The fourth-order valence-corrected chi connectivity index (χ4v) is 1.71. The van der Waals surface area contributed by atoms with Gasteiger partial charge in [0.05, 0.1) is 11.8 Å². The molecule has 0 N–H and O–H groups in total. The van der Waals surface area contributed by atoms with Crippen LogP contribution in [-0.2, 0) is 14.3 Å². The largest absolute Gasteiger partial charge is 0.393 e. The van der Waals surface area contributed by atoms with Gasteiger partial charge in [0, 0.05) is 0 Å². The minimum absolute atomic E-state index is 0.0774. The van der Waals surface area contributed by atoms with Gasteiger partial charge in [0.1, 0.15) is 0 Å². The maximum atomic E-state index is 11.1. The Labute approximate surface area is 70.4 Å². The molecule has 0 amide bonds. The fraction of sp³-hybridized carbons (Fsp3) is 0.556. The summed E-state index contributed by atoms with van der Waals surface area (Å²) in [5.41, 5.74) is 0. The van der Waals surface area contributed by atoms with E-state index in [1.165, 1.54) is 0 Å². The van der Waals surface area contributed by atoms with Crippen molar-refractivity contribution in [2.45, 2.75) is 19.3 Å². The molecule has 1 aliphatic carbocycles. The molecular weight excluding hydrogens is 156 g/mol. The van der Waals surface area contributed by atoms with Crippen LogP contribution in [0.5, 0.6) is 0 Å². The summed E-state index contributed by atoms with van der Waals surface area (Å²) >= 11 is 0. The number of rotatable bonds is 0. The minimum Gasteiger partial charge on any atom is -0.393 e. The average molecular weight is 166 g/mol. The molecule has 2 bridgehead atoms. The predicted octanol–water partition coefficient (Wildman–Crippen LogP) is 1.04. The monoisotopic (exact) mass is 166 g/mol. The normalized spacial score (nSPS) is 34.3. The second-order valence-corrected chi connectivity index (χ2v) is 3.31. The van der Waals surface area contributed by atoms with E-state index in [9.17, 15) is 9.59 Å². The van der Waals surface area contributed by atoms with Crippen molar-refractivity contribution in [2.75, 3.05) is 0 Å². The van der Waals surface area contributed by atoms with E-state index in [1.54, 1.807) is 0 Å². The third-order valence-corrected chi connectivity index (χ3v) is 2.44. The van der Waals surface area contributed by atoms with Crippen LogP contribution in [0.2, 0.25) is 0 Å². The highest BCUT2D eigenvalue weighted by Crippen LogP contribution is 2.29. The number of hydrogen-bond donors (Lipinski definition) is 0. The first-order valence-corrected chi connectivity index (χ1v) is 4.18. The van der Waals surface area contributed by atoms with Gasteiger partial charge in [0.15, 0.2) is 0 Å². The number of allylic oxidation sites excluding steroid dienone is 2. The first-order valence-electron chi connectivity index (χ1n) is 4.18. The Hall–Kier alpha value is -1.12. The molecule has 2 atom stereocenters. The second-order valence-electron chi connectivity index (χ2n) is 3.31. The van der Waals surface area contributed by atoms with Crippen LogP contribution in [0.1, 0.15) is 19.3 Å². The zero-order valence-corrected chi connectivity index (χ0v) is 6.66. The molecule has 2 unspecified atom stereocenters. The lowest BCUT2D eigenvalue weighted by molar-refractivity contribution is -0.171. The highest BCUT2D eigenvalue weighted by Gasteiger charge is 2.36. The smallest absolute Gasteiger partial charge is 0.316 e. The van der Waals surface area contributed by atoms with E-state index in [0.717, 1.165) is 12.8 Å². The van der Waals surface area contributed by atoms with Gasteiger partial charge < -0.3 is 4.74 Å². The van der Waals surface area contributed by atoms with E-state index in [4.69, 9.17) is 0 Å². The van der Waals surface area contributed by atoms with Crippen LogP contribution in [0.3, 0.4) is 0 Å². The number of fused-ring (bicyclic) bond motifs is 2. The first kappa shape index (κ1) is 7.53. The van der Waals surface area contributed by atoms with Crippen molar-refractivity contribution in [1.29, 1.82) is 0 Å². The molecule has 1 saturated heterocycles. The predicted molar refractivity (Wildman–Crippen MR) is 41.1 cm³/mol. The summed E-state index contributed by atoms with van der Waals surface area (Å²) in [6.07, 6.45) is 6.05. The summed E-state index contributed by atoms with van der Waals surface area (Å²) < 4.78 is 4.62. The van der Waals surface area contributed by atoms with Crippen LogP contribution in [-0.4, -0.2) is 11.9 Å². The Kier molecular flexibility index (Phi) is 1.71. The lowest BCUT2D eigenvalue weighted by atomic mass is 9.90. The molecule has 0 aromatic heterocycles. The zero-order valence-electron chi connectivity index (χ0n) is 6.66. The van der Waals surface area contributed by atoms with Gasteiger partial charge in [-0.15, -0.1) is 0 Å². The molecule has 3 heteroatoms. The lowest BCUT2D eigenvalue weighted by Gasteiger charge is -2.22. The number of esters is 2. The number of carbonyl (C=O) groups is 2. The maximum Gasteiger partial charge on any atom is 0.316 e. The molecule has 0 spiro atoms. The van der Waals surface area contributed by atoms with Crippen LogP contribution >= 0.6 is 0 Å². The van der Waals surface area contributed by atoms with E-state index >= 15 is 0 Å². The molecule has 12 heavy (non-hydrogen) atoms. The molecule has 1 aliphatic heterocycles. The summed E-state index contributed by atoms with van der Waals surface area (Å²) in [6, 6.07) is 0. The Morgan fingerprint density at radius 1 is 1.08 bits per heavy atom. The van der Waals surface area contributed by atoms with Gasteiger partial charge in [-0.1, -0.05) is 12.2 Å². The summed E-state index contributed by atoms with van der Waals surface area (Å²) in [6.45, 7) is 0. The van der Waals surface area contributed by atoms with Gasteiger partial charge in [-0.25, -0.2) is 0 Å². The zero-order chi connectivity index (χ0) is 8.55. The van der Waals surface area contributed by atoms with Crippen LogP contribution in [0.4, 0.5) is 0 Å². The van der Waals surface area contributed by atoms with Crippen molar-refractivity contribution in [3.63, 3.8) is 0 Å². The quantitative estimate of drug-likeness (QED) is 0.307. The number of ether oxygens (including phenoxy) is 1. The maximum absolute atomic E-state index is 11.1. The Bertz CT molecular complexity index is 230. The van der Waals surface area contributed by atoms with E-state index in [0.29, 0.717) is 6.42 Å². The summed E-state index contributed by atoms with van der Waals surface area (Å²) in [4.78, 5) is 22.2. The van der Waals surface area contributed by atoms with Gasteiger partial charge in [-0.05, 0) is 19.3 Å². The average Bonchev–Trinajstić information content (AvgIpc) is 2.24. The van der Waals surface area contributed by atoms with E-state index < -0.39 is 0 Å². The summed E-state index contributed by atoms with van der Waals surface area (Å²) in [5, 5.41) is 0. The number of carbonyl (C=O) groups excluding carboxylic acids is 2. The molecular formula is C9H10O3. The molecule has 0 saturated carbocycles. The van der Waals surface area contributed by atoms with E-state index in [2.05, 4.69) is 4.74 Å². The molecule has 0 aromatic carbocycles. The van der Waals surface area contributed by atoms with Gasteiger partial charge in [0.25, 0.3) is 0 Å². The van der Waals surface area contributed by atoms with Gasteiger partial charge in [-0.2, -0.15) is 0 Å². The Balaban J connectivity index is 2.22. The third kappa shape index (κ3) is 1.15. The first-order chi connectivity index (χ1) is 5.77. The van der Waals surface area contributed by atoms with E-state index in [-0.39, 0.29) is 23.8 Å². The molecule has 1 heterocycles. The summed E-state index contributed by atoms with van der Waals surface area (Å²) in [7, 11) is 0. The lowest BCUT2D eigenvalue weighted by Crippen LogP contribution is -2.33. The molecule has 0 radical (unpaired) electrons.